The molecule has 0 radical (unpaired) electrons. The number of rotatable bonds is 26. The molecule has 0 unspecified atom stereocenters. The second-order valence-electron chi connectivity index (χ2n) is 10.1. The Balaban J connectivity index is 3.87. The monoisotopic (exact) mass is 452 g/mol. The lowest BCUT2D eigenvalue weighted by molar-refractivity contribution is -0.126. The summed E-state index contributed by atoms with van der Waals surface area (Å²) in [5.41, 5.74) is 6.06. The largest absolute Gasteiger partial charge is 0.291 e. The van der Waals surface area contributed by atoms with Gasteiger partial charge in [0.05, 0.1) is 0 Å². The first-order valence-corrected chi connectivity index (χ1v) is 14.8. The third-order valence-corrected chi connectivity index (χ3v) is 6.77. The van der Waals surface area contributed by atoms with Crippen molar-refractivity contribution in [3.8, 4) is 0 Å². The van der Waals surface area contributed by atoms with Crippen molar-refractivity contribution >= 4 is 5.91 Å². The second-order valence-corrected chi connectivity index (χ2v) is 10.1. The molecular formula is C29H60N2O. The van der Waals surface area contributed by atoms with E-state index < -0.39 is 0 Å². The Labute approximate surface area is 202 Å². The van der Waals surface area contributed by atoms with Gasteiger partial charge < -0.3 is 0 Å². The lowest BCUT2D eigenvalue weighted by Crippen LogP contribution is -2.41. The Hall–Kier alpha value is -0.570. The predicted molar refractivity (Wildman–Crippen MR) is 143 cm³/mol. The zero-order chi connectivity index (χ0) is 23.5. The van der Waals surface area contributed by atoms with Gasteiger partial charge in [-0.15, -0.1) is 0 Å². The van der Waals surface area contributed by atoms with Crippen molar-refractivity contribution in [1.82, 2.24) is 10.9 Å². The summed E-state index contributed by atoms with van der Waals surface area (Å²) in [6, 6.07) is 0. The van der Waals surface area contributed by atoms with Crippen LogP contribution in [0.2, 0.25) is 0 Å². The molecule has 192 valence electrons. The summed E-state index contributed by atoms with van der Waals surface area (Å²) in [6.45, 7) is 7.55. The molecule has 0 aromatic rings. The van der Waals surface area contributed by atoms with Crippen LogP contribution in [0.4, 0.5) is 0 Å². The first kappa shape index (κ1) is 31.4. The van der Waals surface area contributed by atoms with E-state index in [1.54, 1.807) is 0 Å². The maximum atomic E-state index is 12.6. The summed E-state index contributed by atoms with van der Waals surface area (Å²) < 4.78 is 0. The summed E-state index contributed by atoms with van der Waals surface area (Å²) in [6.07, 6.45) is 30.3. The van der Waals surface area contributed by atoms with Crippen molar-refractivity contribution in [2.24, 2.45) is 5.92 Å². The highest BCUT2D eigenvalue weighted by Gasteiger charge is 2.17. The molecule has 0 fully saturated rings. The molecule has 2 N–H and O–H groups in total. The topological polar surface area (TPSA) is 41.1 Å². The van der Waals surface area contributed by atoms with Gasteiger partial charge in [0, 0.05) is 12.5 Å². The molecule has 0 atom stereocenters. The summed E-state index contributed by atoms with van der Waals surface area (Å²) in [7, 11) is 0. The number of hydrazine groups is 1. The fraction of sp³-hybridized carbons (Fsp3) is 0.966. The Morgan fingerprint density at radius 2 is 0.844 bits per heavy atom. The van der Waals surface area contributed by atoms with Gasteiger partial charge in [-0.05, 0) is 19.3 Å². The van der Waals surface area contributed by atoms with Gasteiger partial charge in [-0.2, -0.15) is 0 Å². The molecule has 0 heterocycles. The predicted octanol–water partition coefficient (Wildman–Crippen LogP) is 9.26. The van der Waals surface area contributed by atoms with E-state index in [1.807, 2.05) is 0 Å². The van der Waals surface area contributed by atoms with Gasteiger partial charge in [-0.1, -0.05) is 149 Å². The minimum atomic E-state index is 0.197. The maximum absolute atomic E-state index is 12.6. The lowest BCUT2D eigenvalue weighted by Gasteiger charge is -2.17. The van der Waals surface area contributed by atoms with Crippen LogP contribution in [0.5, 0.6) is 0 Å². The Kier molecular flexibility index (Phi) is 26.2. The molecule has 0 aromatic carbocycles. The molecule has 3 heteroatoms. The van der Waals surface area contributed by atoms with Gasteiger partial charge in [0.2, 0.25) is 5.91 Å². The van der Waals surface area contributed by atoms with Crippen LogP contribution in [0.25, 0.3) is 0 Å². The maximum Gasteiger partial charge on any atom is 0.237 e. The SMILES string of the molecule is CCCCCCCCCCCCC(CCCCCCCCCCCC)C(=O)NNCCC. The third-order valence-electron chi connectivity index (χ3n) is 6.77. The van der Waals surface area contributed by atoms with Crippen LogP contribution in [0, 0.1) is 5.92 Å². The molecule has 0 saturated heterocycles. The Morgan fingerprint density at radius 3 is 1.19 bits per heavy atom. The lowest BCUT2D eigenvalue weighted by atomic mass is 9.93. The van der Waals surface area contributed by atoms with E-state index in [4.69, 9.17) is 0 Å². The van der Waals surface area contributed by atoms with Crippen molar-refractivity contribution in [2.75, 3.05) is 6.54 Å². The Morgan fingerprint density at radius 1 is 0.500 bits per heavy atom. The molecule has 1 amide bonds. The van der Waals surface area contributed by atoms with Crippen LogP contribution < -0.4 is 10.9 Å². The van der Waals surface area contributed by atoms with Crippen LogP contribution >= 0.6 is 0 Å². The smallest absolute Gasteiger partial charge is 0.237 e. The number of carbonyl (C=O) groups excluding carboxylic acids is 1. The quantitative estimate of drug-likeness (QED) is 0.101. The van der Waals surface area contributed by atoms with E-state index in [9.17, 15) is 4.79 Å². The van der Waals surface area contributed by atoms with Gasteiger partial charge in [0.1, 0.15) is 0 Å². The number of hydrogen-bond donors (Lipinski definition) is 2. The Bertz CT molecular complexity index is 348. The highest BCUT2D eigenvalue weighted by atomic mass is 16.2. The molecular weight excluding hydrogens is 392 g/mol. The summed E-state index contributed by atoms with van der Waals surface area (Å²) in [5, 5.41) is 0. The molecule has 0 bridgehead atoms. The van der Waals surface area contributed by atoms with E-state index in [1.165, 1.54) is 128 Å². The number of nitrogens with one attached hydrogen (secondary N) is 2. The fourth-order valence-corrected chi connectivity index (χ4v) is 4.54. The number of carbonyl (C=O) groups is 1. The summed E-state index contributed by atoms with van der Waals surface area (Å²) in [5.74, 6) is 0.424. The molecule has 0 aliphatic heterocycles. The highest BCUT2D eigenvalue weighted by molar-refractivity contribution is 5.78. The molecule has 0 saturated carbocycles. The van der Waals surface area contributed by atoms with E-state index in [0.29, 0.717) is 0 Å². The molecule has 0 rings (SSSR count). The molecule has 3 nitrogen and oxygen atoms in total. The van der Waals surface area contributed by atoms with Crippen LogP contribution in [0.1, 0.15) is 168 Å². The third kappa shape index (κ3) is 22.6. The van der Waals surface area contributed by atoms with Crippen LogP contribution in [0.3, 0.4) is 0 Å². The fourth-order valence-electron chi connectivity index (χ4n) is 4.54. The van der Waals surface area contributed by atoms with Crippen LogP contribution in [-0.4, -0.2) is 12.5 Å². The average Bonchev–Trinajstić information content (AvgIpc) is 2.80. The van der Waals surface area contributed by atoms with Crippen molar-refractivity contribution in [2.45, 2.75) is 168 Å². The van der Waals surface area contributed by atoms with Crippen molar-refractivity contribution < 1.29 is 4.79 Å². The van der Waals surface area contributed by atoms with E-state index in [-0.39, 0.29) is 11.8 Å². The summed E-state index contributed by atoms with van der Waals surface area (Å²) >= 11 is 0. The van der Waals surface area contributed by atoms with Crippen molar-refractivity contribution in [3.63, 3.8) is 0 Å². The van der Waals surface area contributed by atoms with Gasteiger partial charge >= 0.3 is 0 Å². The number of amides is 1. The number of unbranched alkanes of at least 4 members (excludes halogenated alkanes) is 18. The zero-order valence-electron chi connectivity index (χ0n) is 22.5. The highest BCUT2D eigenvalue weighted by Crippen LogP contribution is 2.20. The van der Waals surface area contributed by atoms with E-state index in [2.05, 4.69) is 31.6 Å². The van der Waals surface area contributed by atoms with Crippen molar-refractivity contribution in [3.05, 3.63) is 0 Å². The normalized spacial score (nSPS) is 11.4. The van der Waals surface area contributed by atoms with Gasteiger partial charge in [-0.3, -0.25) is 10.2 Å². The first-order valence-electron chi connectivity index (χ1n) is 14.8. The van der Waals surface area contributed by atoms with Gasteiger partial charge in [-0.25, -0.2) is 5.43 Å². The minimum Gasteiger partial charge on any atom is -0.291 e. The first-order chi connectivity index (χ1) is 15.8. The standard InChI is InChI=1S/C29H60N2O/c1-4-7-9-11-13-15-17-19-21-23-25-28(29(32)31-30-27-6-3)26-24-22-20-18-16-14-12-10-8-5-2/h28,30H,4-27H2,1-3H3,(H,31,32). The average molecular weight is 453 g/mol. The molecule has 0 spiro atoms. The second kappa shape index (κ2) is 26.7. The minimum absolute atomic E-state index is 0.197. The van der Waals surface area contributed by atoms with E-state index >= 15 is 0 Å². The van der Waals surface area contributed by atoms with Crippen LogP contribution in [0.15, 0.2) is 0 Å². The van der Waals surface area contributed by atoms with Crippen LogP contribution in [-0.2, 0) is 4.79 Å². The van der Waals surface area contributed by atoms with Crippen molar-refractivity contribution in [1.29, 1.82) is 0 Å². The van der Waals surface area contributed by atoms with E-state index in [0.717, 1.165) is 25.8 Å². The molecule has 0 aliphatic rings. The molecule has 0 aliphatic carbocycles. The molecule has 32 heavy (non-hydrogen) atoms. The van der Waals surface area contributed by atoms with Gasteiger partial charge in [0.15, 0.2) is 0 Å². The molecule has 0 aromatic heterocycles. The van der Waals surface area contributed by atoms with Gasteiger partial charge in [0.25, 0.3) is 0 Å². The number of hydrogen-bond acceptors (Lipinski definition) is 2. The summed E-state index contributed by atoms with van der Waals surface area (Å²) in [4.78, 5) is 12.6. The zero-order valence-corrected chi connectivity index (χ0v) is 22.5.